The summed E-state index contributed by atoms with van der Waals surface area (Å²) in [6, 6.07) is 12.4. The van der Waals surface area contributed by atoms with Crippen molar-refractivity contribution >= 4 is 27.8 Å². The van der Waals surface area contributed by atoms with Crippen LogP contribution in [-0.4, -0.2) is 16.1 Å². The molecule has 2 N–H and O–H groups in total. The summed E-state index contributed by atoms with van der Waals surface area (Å²) in [4.78, 5) is 26.5. The molecule has 0 aliphatic carbocycles. The number of hydrogen-bond donors (Lipinski definition) is 2. The van der Waals surface area contributed by atoms with Crippen LogP contribution in [-0.2, 0) is 11.2 Å². The SMILES string of the molecule is O=C(O)Cc1cccc2[nH]c3ccccc3c(=O)c12. The smallest absolute Gasteiger partial charge is 0.307 e. The van der Waals surface area contributed by atoms with Crippen molar-refractivity contribution in [2.75, 3.05) is 0 Å². The molecule has 0 fully saturated rings. The number of hydrogen-bond acceptors (Lipinski definition) is 2. The second kappa shape index (κ2) is 4.24. The van der Waals surface area contributed by atoms with Crippen LogP contribution >= 0.6 is 0 Å². The average Bonchev–Trinajstić information content (AvgIpc) is 2.38. The molecule has 3 aromatic rings. The van der Waals surface area contributed by atoms with E-state index in [2.05, 4.69) is 4.98 Å². The monoisotopic (exact) mass is 253 g/mol. The molecule has 19 heavy (non-hydrogen) atoms. The number of benzene rings is 2. The third kappa shape index (κ3) is 1.87. The minimum atomic E-state index is -0.944. The van der Waals surface area contributed by atoms with Crippen molar-refractivity contribution in [1.29, 1.82) is 0 Å². The van der Waals surface area contributed by atoms with Gasteiger partial charge in [-0.15, -0.1) is 0 Å². The van der Waals surface area contributed by atoms with Crippen LogP contribution < -0.4 is 5.43 Å². The molecule has 1 aromatic heterocycles. The average molecular weight is 253 g/mol. The lowest BCUT2D eigenvalue weighted by atomic mass is 10.0. The molecular weight excluding hydrogens is 242 g/mol. The van der Waals surface area contributed by atoms with Gasteiger partial charge in [0.05, 0.1) is 11.9 Å². The fourth-order valence-electron chi connectivity index (χ4n) is 2.35. The number of aromatic nitrogens is 1. The van der Waals surface area contributed by atoms with E-state index in [1.54, 1.807) is 30.3 Å². The van der Waals surface area contributed by atoms with Gasteiger partial charge in [-0.3, -0.25) is 9.59 Å². The minimum absolute atomic E-state index is 0.124. The highest BCUT2D eigenvalue weighted by Gasteiger charge is 2.11. The number of H-pyrrole nitrogens is 1. The number of carboxylic acids is 1. The first-order valence-electron chi connectivity index (χ1n) is 5.91. The molecule has 0 saturated heterocycles. The quantitative estimate of drug-likeness (QED) is 0.688. The maximum absolute atomic E-state index is 12.5. The first kappa shape index (κ1) is 11.5. The Morgan fingerprint density at radius 1 is 1.05 bits per heavy atom. The van der Waals surface area contributed by atoms with Gasteiger partial charge in [0.25, 0.3) is 0 Å². The highest BCUT2D eigenvalue weighted by Crippen LogP contribution is 2.18. The molecule has 94 valence electrons. The number of para-hydroxylation sites is 1. The lowest BCUT2D eigenvalue weighted by Gasteiger charge is -2.06. The lowest BCUT2D eigenvalue weighted by Crippen LogP contribution is -2.09. The van der Waals surface area contributed by atoms with Gasteiger partial charge < -0.3 is 10.1 Å². The molecule has 0 amide bonds. The zero-order valence-corrected chi connectivity index (χ0v) is 10.0. The molecule has 1 heterocycles. The number of aromatic amines is 1. The summed E-state index contributed by atoms with van der Waals surface area (Å²) in [6.07, 6.45) is -0.154. The maximum atomic E-state index is 12.5. The van der Waals surface area contributed by atoms with Crippen LogP contribution in [0.4, 0.5) is 0 Å². The molecular formula is C15H11NO3. The molecule has 0 unspecified atom stereocenters. The van der Waals surface area contributed by atoms with Gasteiger partial charge in [0.2, 0.25) is 0 Å². The van der Waals surface area contributed by atoms with Crippen molar-refractivity contribution in [1.82, 2.24) is 4.98 Å². The van der Waals surface area contributed by atoms with Crippen LogP contribution in [0.3, 0.4) is 0 Å². The van der Waals surface area contributed by atoms with Crippen molar-refractivity contribution in [3.8, 4) is 0 Å². The largest absolute Gasteiger partial charge is 0.481 e. The predicted octanol–water partition coefficient (Wildman–Crippen LogP) is 2.31. The van der Waals surface area contributed by atoms with Crippen LogP contribution in [0.25, 0.3) is 21.8 Å². The van der Waals surface area contributed by atoms with Gasteiger partial charge in [-0.05, 0) is 23.8 Å². The number of aliphatic carboxylic acids is 1. The van der Waals surface area contributed by atoms with Crippen LogP contribution in [0.15, 0.2) is 47.3 Å². The predicted molar refractivity (Wildman–Crippen MR) is 73.4 cm³/mol. The van der Waals surface area contributed by atoms with E-state index in [-0.39, 0.29) is 11.8 Å². The van der Waals surface area contributed by atoms with Crippen molar-refractivity contribution in [2.24, 2.45) is 0 Å². The molecule has 0 aliphatic heterocycles. The van der Waals surface area contributed by atoms with Crippen LogP contribution in [0.1, 0.15) is 5.56 Å². The molecule has 3 rings (SSSR count). The number of pyridine rings is 1. The Hall–Kier alpha value is -2.62. The Labute approximate surface area is 108 Å². The van der Waals surface area contributed by atoms with E-state index in [1.165, 1.54) is 0 Å². The summed E-state index contributed by atoms with van der Waals surface area (Å²) in [7, 11) is 0. The Morgan fingerprint density at radius 3 is 2.58 bits per heavy atom. The summed E-state index contributed by atoms with van der Waals surface area (Å²) in [6.45, 7) is 0. The topological polar surface area (TPSA) is 70.2 Å². The Balaban J connectivity index is 2.45. The van der Waals surface area contributed by atoms with E-state index >= 15 is 0 Å². The van der Waals surface area contributed by atoms with Crippen molar-refractivity contribution in [2.45, 2.75) is 6.42 Å². The molecule has 0 atom stereocenters. The van der Waals surface area contributed by atoms with Gasteiger partial charge in [0.15, 0.2) is 5.43 Å². The number of carbonyl (C=O) groups is 1. The third-order valence-electron chi connectivity index (χ3n) is 3.16. The summed E-state index contributed by atoms with van der Waals surface area (Å²) in [5, 5.41) is 9.96. The second-order valence-corrected chi connectivity index (χ2v) is 4.41. The van der Waals surface area contributed by atoms with E-state index in [1.807, 2.05) is 12.1 Å². The summed E-state index contributed by atoms with van der Waals surface area (Å²) >= 11 is 0. The van der Waals surface area contributed by atoms with E-state index < -0.39 is 5.97 Å². The lowest BCUT2D eigenvalue weighted by molar-refractivity contribution is -0.136. The molecule has 0 radical (unpaired) electrons. The minimum Gasteiger partial charge on any atom is -0.481 e. The molecule has 4 heteroatoms. The normalized spacial score (nSPS) is 10.9. The zero-order valence-electron chi connectivity index (χ0n) is 10.0. The van der Waals surface area contributed by atoms with Crippen LogP contribution in [0, 0.1) is 0 Å². The fraction of sp³-hybridized carbons (Fsp3) is 0.0667. The Kier molecular flexibility index (Phi) is 2.56. The Morgan fingerprint density at radius 2 is 1.79 bits per heavy atom. The van der Waals surface area contributed by atoms with Gasteiger partial charge in [-0.2, -0.15) is 0 Å². The molecule has 4 nitrogen and oxygen atoms in total. The van der Waals surface area contributed by atoms with Crippen molar-refractivity contribution < 1.29 is 9.90 Å². The molecule has 0 aliphatic rings. The molecule has 0 spiro atoms. The van der Waals surface area contributed by atoms with Crippen LogP contribution in [0.2, 0.25) is 0 Å². The van der Waals surface area contributed by atoms with Gasteiger partial charge in [0.1, 0.15) is 0 Å². The van der Waals surface area contributed by atoms with Crippen molar-refractivity contribution in [3.05, 3.63) is 58.3 Å². The van der Waals surface area contributed by atoms with Gasteiger partial charge >= 0.3 is 5.97 Å². The number of nitrogens with one attached hydrogen (secondary N) is 1. The van der Waals surface area contributed by atoms with E-state index in [9.17, 15) is 9.59 Å². The standard InChI is InChI=1S/C15H11NO3/c17-13(18)8-9-4-3-7-12-14(9)15(19)10-5-1-2-6-11(10)16-12/h1-7H,8H2,(H,16,19)(H,17,18). The third-order valence-corrected chi connectivity index (χ3v) is 3.16. The zero-order chi connectivity index (χ0) is 13.4. The molecule has 0 saturated carbocycles. The first-order chi connectivity index (χ1) is 9.16. The number of fused-ring (bicyclic) bond motifs is 2. The highest BCUT2D eigenvalue weighted by molar-refractivity contribution is 5.95. The fourth-order valence-corrected chi connectivity index (χ4v) is 2.35. The van der Waals surface area contributed by atoms with Gasteiger partial charge in [-0.25, -0.2) is 0 Å². The maximum Gasteiger partial charge on any atom is 0.307 e. The molecule has 2 aromatic carbocycles. The number of rotatable bonds is 2. The number of carboxylic acid groups (broad SMARTS) is 1. The molecule has 0 bridgehead atoms. The van der Waals surface area contributed by atoms with E-state index in [4.69, 9.17) is 5.11 Å². The first-order valence-corrected chi connectivity index (χ1v) is 5.91. The van der Waals surface area contributed by atoms with E-state index in [0.29, 0.717) is 21.9 Å². The van der Waals surface area contributed by atoms with E-state index in [0.717, 1.165) is 5.52 Å². The van der Waals surface area contributed by atoms with Crippen LogP contribution in [0.5, 0.6) is 0 Å². The summed E-state index contributed by atoms with van der Waals surface area (Å²) < 4.78 is 0. The van der Waals surface area contributed by atoms with Crippen molar-refractivity contribution in [3.63, 3.8) is 0 Å². The Bertz CT molecular complexity index is 849. The summed E-state index contributed by atoms with van der Waals surface area (Å²) in [5.74, 6) is -0.944. The van der Waals surface area contributed by atoms with Gasteiger partial charge in [0, 0.05) is 16.3 Å². The highest BCUT2D eigenvalue weighted by atomic mass is 16.4. The van der Waals surface area contributed by atoms with Gasteiger partial charge in [-0.1, -0.05) is 24.3 Å². The summed E-state index contributed by atoms with van der Waals surface area (Å²) in [5.41, 5.74) is 1.84. The second-order valence-electron chi connectivity index (χ2n) is 4.41.